The fourth-order valence-electron chi connectivity index (χ4n) is 1.63. The molecule has 0 spiro atoms. The van der Waals surface area contributed by atoms with E-state index < -0.39 is 0 Å². The van der Waals surface area contributed by atoms with E-state index in [1.165, 1.54) is 24.3 Å². The first kappa shape index (κ1) is 16.7. The fraction of sp³-hybridized carbons (Fsp3) is 0. The molecule has 21 heavy (non-hydrogen) atoms. The Morgan fingerprint density at radius 1 is 0.810 bits per heavy atom. The van der Waals surface area contributed by atoms with Crippen molar-refractivity contribution in [2.45, 2.75) is 0 Å². The number of benzene rings is 2. The minimum atomic E-state index is -0.324. The van der Waals surface area contributed by atoms with E-state index in [0.29, 0.717) is 15.6 Å². The smallest absolute Gasteiger partial charge is 0.187 e. The van der Waals surface area contributed by atoms with Gasteiger partial charge in [0.2, 0.25) is 0 Å². The van der Waals surface area contributed by atoms with Crippen LogP contribution >= 0.6 is 58.0 Å². The maximum atomic E-state index is 12.2. The molecule has 6 heteroatoms. The number of halogens is 5. The van der Waals surface area contributed by atoms with Crippen molar-refractivity contribution in [1.82, 2.24) is 0 Å². The molecule has 108 valence electrons. The molecule has 0 aliphatic carbocycles. The second-order valence-electron chi connectivity index (χ2n) is 4.06. The largest absolute Gasteiger partial charge is 0.289 e. The fourth-order valence-corrected chi connectivity index (χ4v) is 2.79. The Labute approximate surface area is 147 Å². The quantitative estimate of drug-likeness (QED) is 0.323. The van der Waals surface area contributed by atoms with Crippen LogP contribution in [0.2, 0.25) is 25.1 Å². The Kier molecular flexibility index (Phi) is 5.59. The van der Waals surface area contributed by atoms with E-state index in [1.54, 1.807) is 18.2 Å². The number of ketones is 1. The van der Waals surface area contributed by atoms with Crippen LogP contribution in [0, 0.1) is 0 Å². The summed E-state index contributed by atoms with van der Waals surface area (Å²) in [6.45, 7) is 0. The van der Waals surface area contributed by atoms with Crippen LogP contribution in [0.25, 0.3) is 6.08 Å². The molecular weight excluding hydrogens is 373 g/mol. The normalized spacial score (nSPS) is 11.1. The van der Waals surface area contributed by atoms with E-state index in [-0.39, 0.29) is 26.4 Å². The van der Waals surface area contributed by atoms with Crippen LogP contribution in [0.3, 0.4) is 0 Å². The van der Waals surface area contributed by atoms with E-state index in [1.807, 2.05) is 0 Å². The highest BCUT2D eigenvalue weighted by molar-refractivity contribution is 6.49. The summed E-state index contributed by atoms with van der Waals surface area (Å²) in [5.74, 6) is -0.324. The number of carbonyl (C=O) groups excluding carboxylic acids is 1. The number of rotatable bonds is 3. The third-order valence-electron chi connectivity index (χ3n) is 2.70. The van der Waals surface area contributed by atoms with Crippen LogP contribution < -0.4 is 0 Å². The van der Waals surface area contributed by atoms with Gasteiger partial charge in [-0.05, 0) is 36.4 Å². The number of allylic oxidation sites excluding steroid dienone is 1. The van der Waals surface area contributed by atoms with Gasteiger partial charge in [0.25, 0.3) is 0 Å². The van der Waals surface area contributed by atoms with Crippen molar-refractivity contribution in [3.63, 3.8) is 0 Å². The molecule has 0 aromatic heterocycles. The molecule has 0 saturated carbocycles. The highest BCUT2D eigenvalue weighted by Gasteiger charge is 2.13. The van der Waals surface area contributed by atoms with Crippen LogP contribution in [0.4, 0.5) is 0 Å². The SMILES string of the molecule is O=C(C=Cc1c(Cl)cccc1Cl)c1ccc(Cl)c(Cl)c1Cl. The van der Waals surface area contributed by atoms with E-state index in [9.17, 15) is 4.79 Å². The lowest BCUT2D eigenvalue weighted by molar-refractivity contribution is 0.104. The van der Waals surface area contributed by atoms with E-state index in [4.69, 9.17) is 58.0 Å². The van der Waals surface area contributed by atoms with Crippen LogP contribution in [0.1, 0.15) is 15.9 Å². The second kappa shape index (κ2) is 7.04. The lowest BCUT2D eigenvalue weighted by atomic mass is 10.1. The van der Waals surface area contributed by atoms with Crippen molar-refractivity contribution in [2.24, 2.45) is 0 Å². The summed E-state index contributed by atoms with van der Waals surface area (Å²) in [5, 5.41) is 1.45. The number of hydrogen-bond donors (Lipinski definition) is 0. The van der Waals surface area contributed by atoms with Gasteiger partial charge in [-0.2, -0.15) is 0 Å². The Morgan fingerprint density at radius 2 is 1.43 bits per heavy atom. The van der Waals surface area contributed by atoms with Crippen LogP contribution in [0.5, 0.6) is 0 Å². The Hall–Kier alpha value is -0.700. The zero-order valence-electron chi connectivity index (χ0n) is 10.3. The van der Waals surface area contributed by atoms with Gasteiger partial charge in [-0.15, -0.1) is 0 Å². The van der Waals surface area contributed by atoms with Crippen molar-refractivity contribution >= 4 is 69.9 Å². The van der Waals surface area contributed by atoms with Gasteiger partial charge in [-0.25, -0.2) is 0 Å². The lowest BCUT2D eigenvalue weighted by Gasteiger charge is -2.04. The molecule has 0 atom stereocenters. The number of hydrogen-bond acceptors (Lipinski definition) is 1. The van der Waals surface area contributed by atoms with Crippen LogP contribution in [0.15, 0.2) is 36.4 Å². The topological polar surface area (TPSA) is 17.1 Å². The predicted octanol–water partition coefficient (Wildman–Crippen LogP) is 6.85. The third kappa shape index (κ3) is 3.74. The monoisotopic (exact) mass is 378 g/mol. The summed E-state index contributed by atoms with van der Waals surface area (Å²) in [6.07, 6.45) is 2.87. The minimum Gasteiger partial charge on any atom is -0.289 e. The van der Waals surface area contributed by atoms with Gasteiger partial charge < -0.3 is 0 Å². The van der Waals surface area contributed by atoms with Gasteiger partial charge in [0.1, 0.15) is 0 Å². The van der Waals surface area contributed by atoms with Crippen molar-refractivity contribution in [2.75, 3.05) is 0 Å². The van der Waals surface area contributed by atoms with Crippen LogP contribution in [-0.4, -0.2) is 5.78 Å². The van der Waals surface area contributed by atoms with E-state index in [2.05, 4.69) is 0 Å². The molecule has 0 aliphatic rings. The molecule has 2 aromatic rings. The molecule has 0 bridgehead atoms. The molecular formula is C15H7Cl5O. The second-order valence-corrected chi connectivity index (χ2v) is 6.03. The van der Waals surface area contributed by atoms with E-state index in [0.717, 1.165) is 0 Å². The average Bonchev–Trinajstić information content (AvgIpc) is 2.44. The van der Waals surface area contributed by atoms with Gasteiger partial charge in [0, 0.05) is 21.2 Å². The zero-order chi connectivity index (χ0) is 15.6. The molecule has 0 heterocycles. The van der Waals surface area contributed by atoms with Crippen molar-refractivity contribution < 1.29 is 4.79 Å². The molecule has 1 nitrogen and oxygen atoms in total. The lowest BCUT2D eigenvalue weighted by Crippen LogP contribution is -1.96. The third-order valence-corrected chi connectivity index (χ3v) is 4.65. The summed E-state index contributed by atoms with van der Waals surface area (Å²) in [6, 6.07) is 8.11. The summed E-state index contributed by atoms with van der Waals surface area (Å²) in [4.78, 5) is 12.2. The minimum absolute atomic E-state index is 0.115. The van der Waals surface area contributed by atoms with Gasteiger partial charge >= 0.3 is 0 Å². The Morgan fingerprint density at radius 3 is 2.05 bits per heavy atom. The van der Waals surface area contributed by atoms with Gasteiger partial charge in [0.15, 0.2) is 5.78 Å². The molecule has 0 unspecified atom stereocenters. The molecule has 2 aromatic carbocycles. The summed E-state index contributed by atoms with van der Waals surface area (Å²) in [7, 11) is 0. The highest BCUT2D eigenvalue weighted by Crippen LogP contribution is 2.33. The first-order chi connectivity index (χ1) is 9.91. The maximum Gasteiger partial charge on any atom is 0.187 e. The Balaban J connectivity index is 2.35. The predicted molar refractivity (Wildman–Crippen MR) is 91.3 cm³/mol. The first-order valence-corrected chi connectivity index (χ1v) is 7.60. The highest BCUT2D eigenvalue weighted by atomic mass is 35.5. The molecule has 0 aliphatic heterocycles. The number of carbonyl (C=O) groups is 1. The van der Waals surface area contributed by atoms with Crippen molar-refractivity contribution in [3.05, 3.63) is 72.6 Å². The first-order valence-electron chi connectivity index (χ1n) is 5.71. The van der Waals surface area contributed by atoms with Gasteiger partial charge in [0.05, 0.1) is 15.1 Å². The molecule has 0 amide bonds. The van der Waals surface area contributed by atoms with Crippen molar-refractivity contribution in [1.29, 1.82) is 0 Å². The molecule has 0 N–H and O–H groups in total. The molecule has 2 rings (SSSR count). The molecule has 0 radical (unpaired) electrons. The average molecular weight is 380 g/mol. The summed E-state index contributed by atoms with van der Waals surface area (Å²) < 4.78 is 0. The maximum absolute atomic E-state index is 12.2. The standard InChI is InChI=1S/C15H7Cl5O/c16-10-2-1-3-11(17)8(10)5-7-13(21)9-4-6-12(18)15(20)14(9)19/h1-7H. The summed E-state index contributed by atoms with van der Waals surface area (Å²) >= 11 is 29.8. The van der Waals surface area contributed by atoms with Crippen molar-refractivity contribution in [3.8, 4) is 0 Å². The molecule has 0 fully saturated rings. The zero-order valence-corrected chi connectivity index (χ0v) is 14.1. The Bertz CT molecular complexity index is 717. The molecule has 0 saturated heterocycles. The van der Waals surface area contributed by atoms with Crippen LogP contribution in [-0.2, 0) is 0 Å². The van der Waals surface area contributed by atoms with Gasteiger partial charge in [-0.1, -0.05) is 64.1 Å². The van der Waals surface area contributed by atoms with Gasteiger partial charge in [-0.3, -0.25) is 4.79 Å². The summed E-state index contributed by atoms with van der Waals surface area (Å²) in [5.41, 5.74) is 0.816. The van der Waals surface area contributed by atoms with E-state index >= 15 is 0 Å².